The van der Waals surface area contributed by atoms with Crippen molar-refractivity contribution in [1.82, 2.24) is 19.7 Å². The number of rotatable bonds is 6. The molecule has 0 bridgehead atoms. The summed E-state index contributed by atoms with van der Waals surface area (Å²) in [5.41, 5.74) is 5.52. The molecule has 0 radical (unpaired) electrons. The van der Waals surface area contributed by atoms with Gasteiger partial charge in [0.05, 0.1) is 5.56 Å². The molecule has 2 aromatic heterocycles. The van der Waals surface area contributed by atoms with Crippen molar-refractivity contribution in [3.8, 4) is 0 Å². The number of aryl methyl sites for hydroxylation is 1. The number of carboxylic acids is 1. The number of nitrogens with two attached hydrogens (primary N) is 1. The second kappa shape index (κ2) is 8.69. The highest BCUT2D eigenvalue weighted by Gasteiger charge is 2.22. The van der Waals surface area contributed by atoms with E-state index in [-0.39, 0.29) is 29.3 Å². The zero-order chi connectivity index (χ0) is 24.5. The van der Waals surface area contributed by atoms with Crippen LogP contribution >= 0.6 is 0 Å². The molecule has 2 heterocycles. The van der Waals surface area contributed by atoms with Crippen LogP contribution in [0.5, 0.6) is 0 Å². The average Bonchev–Trinajstić information content (AvgIpc) is 3.14. The first-order chi connectivity index (χ1) is 15.4. The lowest BCUT2D eigenvalue weighted by Crippen LogP contribution is -2.26. The van der Waals surface area contributed by atoms with Crippen molar-refractivity contribution in [2.45, 2.75) is 39.8 Å². The monoisotopic (exact) mass is 453 g/mol. The third-order valence-corrected chi connectivity index (χ3v) is 4.55. The minimum Gasteiger partial charge on any atom is -0.477 e. The number of carbonyl (C=O) groups is 4. The van der Waals surface area contributed by atoms with Gasteiger partial charge in [-0.25, -0.2) is 19.6 Å². The van der Waals surface area contributed by atoms with Gasteiger partial charge in [0.1, 0.15) is 23.3 Å². The van der Waals surface area contributed by atoms with E-state index in [4.69, 9.17) is 10.5 Å². The summed E-state index contributed by atoms with van der Waals surface area (Å²) in [6.07, 6.45) is 1.10. The Morgan fingerprint density at radius 3 is 2.45 bits per heavy atom. The summed E-state index contributed by atoms with van der Waals surface area (Å²) < 4.78 is 6.45. The van der Waals surface area contributed by atoms with Crippen LogP contribution in [0.2, 0.25) is 0 Å². The third-order valence-electron chi connectivity index (χ3n) is 4.55. The number of ether oxygens (including phenoxy) is 1. The SMILES string of the molecule is Cc1cc(CNC(=O)c2cc(C(=O)O)n3cnc(C(N)=O)c3n2)ccc1C(=O)OC(C)(C)C. The molecule has 11 heteroatoms. The van der Waals surface area contributed by atoms with Crippen LogP contribution in [0.3, 0.4) is 0 Å². The topological polar surface area (TPSA) is 166 Å². The maximum absolute atomic E-state index is 12.7. The van der Waals surface area contributed by atoms with E-state index in [2.05, 4.69) is 15.3 Å². The third kappa shape index (κ3) is 5.14. The summed E-state index contributed by atoms with van der Waals surface area (Å²) in [5.74, 6) is -3.34. The first-order valence-electron chi connectivity index (χ1n) is 9.89. The Kier molecular flexibility index (Phi) is 6.16. The van der Waals surface area contributed by atoms with Gasteiger partial charge in [0.25, 0.3) is 11.8 Å². The second-order valence-electron chi connectivity index (χ2n) is 8.32. The van der Waals surface area contributed by atoms with E-state index >= 15 is 0 Å². The number of amides is 2. The number of aromatic nitrogens is 3. The highest BCUT2D eigenvalue weighted by atomic mass is 16.6. The molecule has 0 aliphatic heterocycles. The van der Waals surface area contributed by atoms with E-state index in [9.17, 15) is 24.3 Å². The first-order valence-corrected chi connectivity index (χ1v) is 9.89. The number of nitrogens with zero attached hydrogens (tertiary/aromatic N) is 3. The van der Waals surface area contributed by atoms with Crippen molar-refractivity contribution in [2.75, 3.05) is 0 Å². The molecular weight excluding hydrogens is 430 g/mol. The molecule has 4 N–H and O–H groups in total. The number of aromatic carboxylic acids is 1. The van der Waals surface area contributed by atoms with Gasteiger partial charge in [0.15, 0.2) is 11.3 Å². The molecule has 2 amide bonds. The lowest BCUT2D eigenvalue weighted by Gasteiger charge is -2.20. The Hall–Kier alpha value is -4.28. The number of nitrogens with one attached hydrogen (secondary N) is 1. The predicted octanol–water partition coefficient (Wildman–Crippen LogP) is 1.72. The number of benzene rings is 1. The number of fused-ring (bicyclic) bond motifs is 1. The quantitative estimate of drug-likeness (QED) is 0.474. The number of imidazole rings is 1. The largest absolute Gasteiger partial charge is 0.477 e. The van der Waals surface area contributed by atoms with Crippen LogP contribution in [0.4, 0.5) is 0 Å². The van der Waals surface area contributed by atoms with Gasteiger partial charge >= 0.3 is 11.9 Å². The number of primary amides is 1. The van der Waals surface area contributed by atoms with E-state index in [0.29, 0.717) is 16.7 Å². The molecule has 0 saturated heterocycles. The van der Waals surface area contributed by atoms with Gasteiger partial charge in [-0.15, -0.1) is 0 Å². The van der Waals surface area contributed by atoms with E-state index in [1.54, 1.807) is 45.9 Å². The number of carboxylic acid groups (broad SMARTS) is 1. The molecule has 3 rings (SSSR count). The molecule has 0 saturated carbocycles. The normalized spacial score (nSPS) is 11.3. The standard InChI is InChI=1S/C22H23N5O6/c1-11-7-12(5-6-13(11)21(32)33-22(2,3)4)9-24-19(29)14-8-15(20(30)31)27-10-25-16(17(23)28)18(27)26-14/h5-8,10H,9H2,1-4H3,(H2,23,28)(H,24,29)(H,30,31). The van der Waals surface area contributed by atoms with Gasteiger partial charge in [-0.1, -0.05) is 12.1 Å². The highest BCUT2D eigenvalue weighted by Crippen LogP contribution is 2.17. The Balaban J connectivity index is 1.81. The van der Waals surface area contributed by atoms with Gasteiger partial charge < -0.3 is 20.9 Å². The molecule has 0 fully saturated rings. The molecule has 0 aliphatic rings. The van der Waals surface area contributed by atoms with Gasteiger partial charge in [-0.2, -0.15) is 0 Å². The van der Waals surface area contributed by atoms with E-state index in [0.717, 1.165) is 16.8 Å². The molecular formula is C22H23N5O6. The van der Waals surface area contributed by atoms with E-state index in [1.165, 1.54) is 0 Å². The van der Waals surface area contributed by atoms with Gasteiger partial charge in [-0.3, -0.25) is 14.0 Å². The zero-order valence-corrected chi connectivity index (χ0v) is 18.5. The number of hydrogen-bond acceptors (Lipinski definition) is 7. The Bertz CT molecular complexity index is 1290. The number of hydrogen-bond donors (Lipinski definition) is 3. The maximum atomic E-state index is 12.7. The smallest absolute Gasteiger partial charge is 0.353 e. The van der Waals surface area contributed by atoms with Gasteiger partial charge in [0, 0.05) is 12.6 Å². The van der Waals surface area contributed by atoms with Crippen molar-refractivity contribution in [1.29, 1.82) is 0 Å². The second-order valence-corrected chi connectivity index (χ2v) is 8.32. The van der Waals surface area contributed by atoms with Crippen molar-refractivity contribution < 1.29 is 29.0 Å². The fourth-order valence-electron chi connectivity index (χ4n) is 3.10. The van der Waals surface area contributed by atoms with E-state index < -0.39 is 29.4 Å². The van der Waals surface area contributed by atoms with Crippen LogP contribution in [0.15, 0.2) is 30.6 Å². The van der Waals surface area contributed by atoms with Crippen molar-refractivity contribution in [3.05, 3.63) is 64.4 Å². The predicted molar refractivity (Wildman–Crippen MR) is 116 cm³/mol. The van der Waals surface area contributed by atoms with Crippen LogP contribution in [-0.2, 0) is 11.3 Å². The molecule has 0 aliphatic carbocycles. The number of carbonyl (C=O) groups excluding carboxylic acids is 3. The number of esters is 1. The minimum absolute atomic E-state index is 0.0888. The first kappa shape index (κ1) is 23.4. The molecule has 0 unspecified atom stereocenters. The maximum Gasteiger partial charge on any atom is 0.353 e. The lowest BCUT2D eigenvalue weighted by molar-refractivity contribution is 0.00683. The van der Waals surface area contributed by atoms with Crippen molar-refractivity contribution in [3.63, 3.8) is 0 Å². The minimum atomic E-state index is -1.33. The highest BCUT2D eigenvalue weighted by molar-refractivity contribution is 6.00. The van der Waals surface area contributed by atoms with Gasteiger partial charge in [0.2, 0.25) is 0 Å². The van der Waals surface area contributed by atoms with E-state index in [1.807, 2.05) is 0 Å². The molecule has 0 spiro atoms. The molecule has 0 atom stereocenters. The Labute approximate surface area is 188 Å². The summed E-state index contributed by atoms with van der Waals surface area (Å²) in [6, 6.07) is 6.10. The van der Waals surface area contributed by atoms with Crippen LogP contribution in [0.1, 0.15) is 73.7 Å². The van der Waals surface area contributed by atoms with Crippen LogP contribution < -0.4 is 11.1 Å². The fourth-order valence-corrected chi connectivity index (χ4v) is 3.10. The van der Waals surface area contributed by atoms with Crippen molar-refractivity contribution >= 4 is 29.4 Å². The summed E-state index contributed by atoms with van der Waals surface area (Å²) >= 11 is 0. The van der Waals surface area contributed by atoms with Crippen LogP contribution in [0, 0.1) is 6.92 Å². The summed E-state index contributed by atoms with van der Waals surface area (Å²) in [6.45, 7) is 7.18. The molecule has 33 heavy (non-hydrogen) atoms. The van der Waals surface area contributed by atoms with Crippen LogP contribution in [0.25, 0.3) is 5.65 Å². The Morgan fingerprint density at radius 1 is 1.18 bits per heavy atom. The lowest BCUT2D eigenvalue weighted by atomic mass is 10.0. The van der Waals surface area contributed by atoms with Crippen LogP contribution in [-0.4, -0.2) is 48.8 Å². The molecule has 172 valence electrons. The fraction of sp³-hybridized carbons (Fsp3) is 0.273. The van der Waals surface area contributed by atoms with Crippen molar-refractivity contribution in [2.24, 2.45) is 5.73 Å². The zero-order valence-electron chi connectivity index (χ0n) is 18.5. The average molecular weight is 453 g/mol. The summed E-state index contributed by atoms with van der Waals surface area (Å²) in [4.78, 5) is 56.0. The van der Waals surface area contributed by atoms with Gasteiger partial charge in [-0.05, 0) is 44.9 Å². The molecule has 3 aromatic rings. The summed E-state index contributed by atoms with van der Waals surface area (Å²) in [7, 11) is 0. The molecule has 11 nitrogen and oxygen atoms in total. The Morgan fingerprint density at radius 2 is 1.88 bits per heavy atom. The summed E-state index contributed by atoms with van der Waals surface area (Å²) in [5, 5.41) is 12.1. The molecule has 1 aromatic carbocycles.